The first kappa shape index (κ1) is 19.8. The van der Waals surface area contributed by atoms with E-state index < -0.39 is 29.8 Å². The average Bonchev–Trinajstić information content (AvgIpc) is 2.66. The lowest BCUT2D eigenvalue weighted by molar-refractivity contribution is -0.149. The van der Waals surface area contributed by atoms with E-state index >= 15 is 0 Å². The predicted molar refractivity (Wildman–Crippen MR) is 97.8 cm³/mol. The van der Waals surface area contributed by atoms with Crippen molar-refractivity contribution in [1.29, 1.82) is 0 Å². The van der Waals surface area contributed by atoms with Gasteiger partial charge in [0.1, 0.15) is 5.82 Å². The molecule has 0 aliphatic carbocycles. The van der Waals surface area contributed by atoms with E-state index in [0.717, 1.165) is 11.6 Å². The van der Waals surface area contributed by atoms with Gasteiger partial charge in [-0.3, -0.25) is 10.1 Å². The third-order valence-electron chi connectivity index (χ3n) is 3.50. The van der Waals surface area contributed by atoms with Gasteiger partial charge in [0.2, 0.25) is 0 Å². The third-order valence-corrected chi connectivity index (χ3v) is 3.50. The minimum absolute atomic E-state index is 0.215. The fourth-order valence-corrected chi connectivity index (χ4v) is 2.07. The van der Waals surface area contributed by atoms with Crippen molar-refractivity contribution in [2.45, 2.75) is 19.6 Å². The normalized spacial score (nSPS) is 11.6. The Hall–Kier alpha value is -3.48. The zero-order valence-corrected chi connectivity index (χ0v) is 14.6. The van der Waals surface area contributed by atoms with Crippen molar-refractivity contribution >= 4 is 24.0 Å². The highest BCUT2D eigenvalue weighted by Crippen LogP contribution is 2.08. The fraction of sp³-hybridized carbons (Fsp3) is 0.150. The van der Waals surface area contributed by atoms with Crippen molar-refractivity contribution in [1.82, 2.24) is 10.6 Å². The number of amides is 3. The van der Waals surface area contributed by atoms with Gasteiger partial charge in [0, 0.05) is 18.2 Å². The highest BCUT2D eigenvalue weighted by atomic mass is 19.1. The van der Waals surface area contributed by atoms with Gasteiger partial charge < -0.3 is 10.1 Å². The van der Waals surface area contributed by atoms with Crippen LogP contribution in [-0.2, 0) is 20.9 Å². The van der Waals surface area contributed by atoms with E-state index in [0.29, 0.717) is 0 Å². The van der Waals surface area contributed by atoms with Crippen molar-refractivity contribution in [2.24, 2.45) is 0 Å². The van der Waals surface area contributed by atoms with Gasteiger partial charge in [0.15, 0.2) is 6.10 Å². The first-order chi connectivity index (χ1) is 13.0. The van der Waals surface area contributed by atoms with Crippen LogP contribution in [0.4, 0.5) is 9.18 Å². The number of hydrogen-bond donors (Lipinski definition) is 2. The van der Waals surface area contributed by atoms with Crippen molar-refractivity contribution in [3.63, 3.8) is 0 Å². The maximum absolute atomic E-state index is 13.5. The van der Waals surface area contributed by atoms with Crippen LogP contribution in [0.1, 0.15) is 18.1 Å². The Kier molecular flexibility index (Phi) is 7.25. The van der Waals surface area contributed by atoms with Gasteiger partial charge in [0.25, 0.3) is 5.91 Å². The Morgan fingerprint density at radius 1 is 1.07 bits per heavy atom. The monoisotopic (exact) mass is 370 g/mol. The minimum atomic E-state index is -1.19. The second-order valence-electron chi connectivity index (χ2n) is 5.59. The number of ether oxygens (including phenoxy) is 1. The Balaban J connectivity index is 1.78. The largest absolute Gasteiger partial charge is 0.449 e. The summed E-state index contributed by atoms with van der Waals surface area (Å²) in [5.74, 6) is -2.08. The Morgan fingerprint density at radius 3 is 2.44 bits per heavy atom. The number of rotatable bonds is 6. The number of hydrogen-bond acceptors (Lipinski definition) is 4. The molecular formula is C20H19FN2O4. The SMILES string of the molecule is CC(OC(=O)/C=C/c1ccccc1F)C(=O)NC(=O)NCc1ccccc1. The van der Waals surface area contributed by atoms with Gasteiger partial charge in [-0.25, -0.2) is 14.0 Å². The van der Waals surface area contributed by atoms with Crippen LogP contribution < -0.4 is 10.6 Å². The molecule has 1 atom stereocenters. The van der Waals surface area contributed by atoms with Gasteiger partial charge in [-0.15, -0.1) is 0 Å². The zero-order chi connectivity index (χ0) is 19.6. The number of halogens is 1. The molecule has 27 heavy (non-hydrogen) atoms. The third kappa shape index (κ3) is 6.74. The fourth-order valence-electron chi connectivity index (χ4n) is 2.07. The lowest BCUT2D eigenvalue weighted by atomic mass is 10.2. The molecule has 0 saturated carbocycles. The second-order valence-corrected chi connectivity index (χ2v) is 5.59. The number of carbonyl (C=O) groups excluding carboxylic acids is 3. The zero-order valence-electron chi connectivity index (χ0n) is 14.6. The van der Waals surface area contributed by atoms with Crippen LogP contribution in [-0.4, -0.2) is 24.0 Å². The molecule has 1 unspecified atom stereocenters. The number of nitrogens with one attached hydrogen (secondary N) is 2. The molecule has 3 amide bonds. The number of benzene rings is 2. The summed E-state index contributed by atoms with van der Waals surface area (Å²) >= 11 is 0. The Bertz CT molecular complexity index is 837. The standard InChI is InChI=1S/C20H19FN2O4/c1-14(27-18(24)12-11-16-9-5-6-10-17(16)21)19(25)23-20(26)22-13-15-7-3-2-4-8-15/h2-12,14H,13H2,1H3,(H2,22,23,25,26)/b12-11+. The second kappa shape index (κ2) is 9.86. The number of esters is 1. The molecule has 0 saturated heterocycles. The van der Waals surface area contributed by atoms with Gasteiger partial charge in [0.05, 0.1) is 0 Å². The summed E-state index contributed by atoms with van der Waals surface area (Å²) in [5.41, 5.74) is 1.09. The first-order valence-corrected chi connectivity index (χ1v) is 8.21. The molecule has 0 heterocycles. The van der Waals surface area contributed by atoms with E-state index in [-0.39, 0.29) is 12.1 Å². The van der Waals surface area contributed by atoms with Gasteiger partial charge >= 0.3 is 12.0 Å². The number of carbonyl (C=O) groups is 3. The van der Waals surface area contributed by atoms with Gasteiger partial charge in [-0.2, -0.15) is 0 Å². The molecule has 0 spiro atoms. The Labute approximate surface area is 156 Å². The molecule has 2 rings (SSSR count). The Morgan fingerprint density at radius 2 is 1.74 bits per heavy atom. The van der Waals surface area contributed by atoms with Gasteiger partial charge in [-0.1, -0.05) is 48.5 Å². The van der Waals surface area contributed by atoms with Crippen molar-refractivity contribution < 1.29 is 23.5 Å². The summed E-state index contributed by atoms with van der Waals surface area (Å²) < 4.78 is 18.4. The van der Waals surface area contributed by atoms with E-state index in [4.69, 9.17) is 4.74 Å². The maximum atomic E-state index is 13.5. The van der Waals surface area contributed by atoms with E-state index in [2.05, 4.69) is 10.6 Å². The lowest BCUT2D eigenvalue weighted by Gasteiger charge is -2.12. The molecule has 0 fully saturated rings. The van der Waals surface area contributed by atoms with Crippen LogP contribution in [0.25, 0.3) is 6.08 Å². The van der Waals surface area contributed by atoms with E-state index in [1.54, 1.807) is 6.07 Å². The average molecular weight is 370 g/mol. The molecule has 7 heteroatoms. The maximum Gasteiger partial charge on any atom is 0.331 e. The predicted octanol–water partition coefficient (Wildman–Crippen LogP) is 2.80. The summed E-state index contributed by atoms with van der Waals surface area (Å²) in [6.07, 6.45) is 1.07. The number of imide groups is 1. The van der Waals surface area contributed by atoms with E-state index in [9.17, 15) is 18.8 Å². The summed E-state index contributed by atoms with van der Waals surface area (Å²) in [4.78, 5) is 35.3. The number of urea groups is 1. The smallest absolute Gasteiger partial charge is 0.331 e. The quantitative estimate of drug-likeness (QED) is 0.605. The van der Waals surface area contributed by atoms with Crippen LogP contribution in [0.2, 0.25) is 0 Å². The molecule has 0 radical (unpaired) electrons. The van der Waals surface area contributed by atoms with Crippen LogP contribution in [0.15, 0.2) is 60.7 Å². The molecule has 2 aromatic rings. The van der Waals surface area contributed by atoms with Crippen molar-refractivity contribution in [2.75, 3.05) is 0 Å². The highest BCUT2D eigenvalue weighted by molar-refractivity contribution is 5.98. The topological polar surface area (TPSA) is 84.5 Å². The van der Waals surface area contributed by atoms with E-state index in [1.165, 1.54) is 31.2 Å². The molecule has 0 aliphatic rings. The molecule has 0 aliphatic heterocycles. The molecular weight excluding hydrogens is 351 g/mol. The molecule has 6 nitrogen and oxygen atoms in total. The molecule has 0 bridgehead atoms. The summed E-state index contributed by atoms with van der Waals surface area (Å²) in [6.45, 7) is 1.58. The molecule has 2 aromatic carbocycles. The highest BCUT2D eigenvalue weighted by Gasteiger charge is 2.18. The minimum Gasteiger partial charge on any atom is -0.449 e. The van der Waals surface area contributed by atoms with E-state index in [1.807, 2.05) is 30.3 Å². The van der Waals surface area contributed by atoms with Crippen molar-refractivity contribution in [3.8, 4) is 0 Å². The lowest BCUT2D eigenvalue weighted by Crippen LogP contribution is -2.44. The molecule has 0 aromatic heterocycles. The van der Waals surface area contributed by atoms with Crippen LogP contribution in [0.5, 0.6) is 0 Å². The van der Waals surface area contributed by atoms with Gasteiger partial charge in [-0.05, 0) is 24.6 Å². The summed E-state index contributed by atoms with van der Waals surface area (Å²) in [5, 5.41) is 4.61. The van der Waals surface area contributed by atoms with Crippen LogP contribution in [0.3, 0.4) is 0 Å². The molecule has 2 N–H and O–H groups in total. The summed E-state index contributed by atoms with van der Waals surface area (Å²) in [6, 6.07) is 14.4. The molecule has 140 valence electrons. The first-order valence-electron chi connectivity index (χ1n) is 8.21. The van der Waals surface area contributed by atoms with Crippen LogP contribution in [0, 0.1) is 5.82 Å². The van der Waals surface area contributed by atoms with Crippen LogP contribution >= 0.6 is 0 Å². The summed E-state index contributed by atoms with van der Waals surface area (Å²) in [7, 11) is 0. The van der Waals surface area contributed by atoms with Crippen molar-refractivity contribution in [3.05, 3.63) is 77.6 Å².